The van der Waals surface area contributed by atoms with Gasteiger partial charge < -0.3 is 10.8 Å². The monoisotopic (exact) mass is 181 g/mol. The van der Waals surface area contributed by atoms with Crippen molar-refractivity contribution in [2.75, 3.05) is 5.73 Å². The van der Waals surface area contributed by atoms with Gasteiger partial charge in [0.2, 0.25) is 0 Å². The summed E-state index contributed by atoms with van der Waals surface area (Å²) < 4.78 is 0. The van der Waals surface area contributed by atoms with Gasteiger partial charge in [0, 0.05) is 12.0 Å². The van der Waals surface area contributed by atoms with Gasteiger partial charge in [-0.3, -0.25) is 0 Å². The van der Waals surface area contributed by atoms with Crippen LogP contribution in [0.15, 0.2) is 0 Å². The molecule has 0 saturated heterocycles. The Kier molecular flexibility index (Phi) is 2.46. The van der Waals surface area contributed by atoms with Crippen LogP contribution in [0.3, 0.4) is 0 Å². The number of hydrogen-bond acceptors (Lipinski definition) is 4. The van der Waals surface area contributed by atoms with Crippen LogP contribution >= 0.6 is 0 Å². The summed E-state index contributed by atoms with van der Waals surface area (Å²) in [5.41, 5.74) is 5.93. The third-order valence-electron chi connectivity index (χ3n) is 1.75. The van der Waals surface area contributed by atoms with Gasteiger partial charge in [-0.25, -0.2) is 14.8 Å². The van der Waals surface area contributed by atoms with Crippen LogP contribution in [0.2, 0.25) is 0 Å². The van der Waals surface area contributed by atoms with E-state index in [0.29, 0.717) is 17.8 Å². The summed E-state index contributed by atoms with van der Waals surface area (Å²) in [6, 6.07) is 0. The van der Waals surface area contributed by atoms with Crippen molar-refractivity contribution in [2.45, 2.75) is 20.3 Å². The first-order valence-electron chi connectivity index (χ1n) is 3.92. The topological polar surface area (TPSA) is 89.1 Å². The molecule has 0 radical (unpaired) electrons. The molecule has 1 aromatic rings. The quantitative estimate of drug-likeness (QED) is 0.698. The van der Waals surface area contributed by atoms with E-state index in [4.69, 9.17) is 10.8 Å². The number of aromatic carboxylic acids is 1. The summed E-state index contributed by atoms with van der Waals surface area (Å²) in [4.78, 5) is 18.5. The zero-order chi connectivity index (χ0) is 10.0. The van der Waals surface area contributed by atoms with Crippen molar-refractivity contribution in [1.29, 1.82) is 0 Å². The maximum atomic E-state index is 10.7. The van der Waals surface area contributed by atoms with E-state index < -0.39 is 5.97 Å². The maximum Gasteiger partial charge on any atom is 0.354 e. The minimum Gasteiger partial charge on any atom is -0.476 e. The summed E-state index contributed by atoms with van der Waals surface area (Å²) in [6.07, 6.45) is 0.574. The predicted octanol–water partition coefficient (Wildman–Crippen LogP) is 0.628. The van der Waals surface area contributed by atoms with Gasteiger partial charge in [-0.05, 0) is 6.92 Å². The zero-order valence-corrected chi connectivity index (χ0v) is 7.53. The van der Waals surface area contributed by atoms with E-state index in [1.54, 1.807) is 6.92 Å². The summed E-state index contributed by atoms with van der Waals surface area (Å²) in [5, 5.41) is 8.76. The summed E-state index contributed by atoms with van der Waals surface area (Å²) in [5.74, 6) is -0.369. The van der Waals surface area contributed by atoms with E-state index in [0.717, 1.165) is 0 Å². The highest BCUT2D eigenvalue weighted by Gasteiger charge is 2.13. The fourth-order valence-corrected chi connectivity index (χ4v) is 0.948. The first-order valence-corrected chi connectivity index (χ1v) is 3.92. The Morgan fingerprint density at radius 1 is 1.54 bits per heavy atom. The third kappa shape index (κ3) is 1.74. The number of rotatable bonds is 2. The lowest BCUT2D eigenvalue weighted by atomic mass is 10.2. The molecule has 0 aliphatic rings. The molecular formula is C8H11N3O2. The highest BCUT2D eigenvalue weighted by molar-refractivity contribution is 5.88. The molecule has 0 aliphatic heterocycles. The van der Waals surface area contributed by atoms with Gasteiger partial charge in [0.25, 0.3) is 0 Å². The summed E-state index contributed by atoms with van der Waals surface area (Å²) in [7, 11) is 0. The minimum atomic E-state index is -1.07. The Morgan fingerprint density at radius 2 is 2.15 bits per heavy atom. The Balaban J connectivity index is 3.33. The Morgan fingerprint density at radius 3 is 2.62 bits per heavy atom. The molecule has 0 fully saturated rings. The molecule has 5 nitrogen and oxygen atoms in total. The second kappa shape index (κ2) is 3.38. The SMILES string of the molecule is CCc1nc(N)c(C)c(C(=O)O)n1. The third-order valence-corrected chi connectivity index (χ3v) is 1.75. The molecule has 13 heavy (non-hydrogen) atoms. The van der Waals surface area contributed by atoms with E-state index in [1.165, 1.54) is 0 Å². The number of hydrogen-bond donors (Lipinski definition) is 2. The molecule has 1 aromatic heterocycles. The van der Waals surface area contributed by atoms with Crippen LogP contribution < -0.4 is 5.73 Å². The average molecular weight is 181 g/mol. The molecule has 1 heterocycles. The lowest BCUT2D eigenvalue weighted by molar-refractivity contribution is 0.0689. The molecule has 1 rings (SSSR count). The van der Waals surface area contributed by atoms with E-state index in [2.05, 4.69) is 9.97 Å². The summed E-state index contributed by atoms with van der Waals surface area (Å²) >= 11 is 0. The molecule has 0 spiro atoms. The molecule has 0 saturated carbocycles. The van der Waals surface area contributed by atoms with Gasteiger partial charge in [-0.2, -0.15) is 0 Å². The number of nitrogen functional groups attached to an aromatic ring is 1. The van der Waals surface area contributed by atoms with Crippen LogP contribution in [0.5, 0.6) is 0 Å². The second-order valence-corrected chi connectivity index (χ2v) is 2.66. The zero-order valence-electron chi connectivity index (χ0n) is 7.53. The molecule has 0 aliphatic carbocycles. The largest absolute Gasteiger partial charge is 0.476 e. The first-order chi connectivity index (χ1) is 6.06. The Labute approximate surface area is 75.6 Å². The molecule has 0 amide bonds. The van der Waals surface area contributed by atoms with E-state index in [1.807, 2.05) is 6.92 Å². The number of carbonyl (C=O) groups is 1. The fraction of sp³-hybridized carbons (Fsp3) is 0.375. The second-order valence-electron chi connectivity index (χ2n) is 2.66. The first kappa shape index (κ1) is 9.44. The molecule has 3 N–H and O–H groups in total. The van der Waals surface area contributed by atoms with Gasteiger partial charge in [0.05, 0.1) is 0 Å². The highest BCUT2D eigenvalue weighted by atomic mass is 16.4. The highest BCUT2D eigenvalue weighted by Crippen LogP contribution is 2.12. The molecule has 70 valence electrons. The lowest BCUT2D eigenvalue weighted by Gasteiger charge is -2.04. The number of anilines is 1. The van der Waals surface area contributed by atoms with Gasteiger partial charge in [0.1, 0.15) is 11.6 Å². The molecule has 0 aromatic carbocycles. The number of carboxylic acid groups (broad SMARTS) is 1. The molecule has 5 heteroatoms. The van der Waals surface area contributed by atoms with Crippen molar-refractivity contribution >= 4 is 11.8 Å². The van der Waals surface area contributed by atoms with Crippen LogP contribution in [0.4, 0.5) is 5.82 Å². The van der Waals surface area contributed by atoms with Crippen molar-refractivity contribution in [3.63, 3.8) is 0 Å². The number of carboxylic acids is 1. The van der Waals surface area contributed by atoms with E-state index >= 15 is 0 Å². The van der Waals surface area contributed by atoms with Crippen molar-refractivity contribution in [2.24, 2.45) is 0 Å². The van der Waals surface area contributed by atoms with Crippen molar-refractivity contribution < 1.29 is 9.90 Å². The lowest BCUT2D eigenvalue weighted by Crippen LogP contribution is -2.11. The van der Waals surface area contributed by atoms with Gasteiger partial charge >= 0.3 is 5.97 Å². The van der Waals surface area contributed by atoms with Crippen LogP contribution in [-0.2, 0) is 6.42 Å². The molecule has 0 atom stereocenters. The standard InChI is InChI=1S/C8H11N3O2/c1-3-5-10-6(8(12)13)4(2)7(9)11-5/h3H2,1-2H3,(H,12,13)(H2,9,10,11). The van der Waals surface area contributed by atoms with Crippen molar-refractivity contribution in [3.8, 4) is 0 Å². The molecule has 0 bridgehead atoms. The number of aryl methyl sites for hydroxylation is 1. The number of nitrogens with two attached hydrogens (primary N) is 1. The van der Waals surface area contributed by atoms with Gasteiger partial charge in [-0.15, -0.1) is 0 Å². The maximum absolute atomic E-state index is 10.7. The Hall–Kier alpha value is -1.65. The van der Waals surface area contributed by atoms with Crippen molar-refractivity contribution in [1.82, 2.24) is 9.97 Å². The fourth-order valence-electron chi connectivity index (χ4n) is 0.948. The summed E-state index contributed by atoms with van der Waals surface area (Å²) in [6.45, 7) is 3.44. The van der Waals surface area contributed by atoms with Crippen LogP contribution in [-0.4, -0.2) is 21.0 Å². The van der Waals surface area contributed by atoms with Gasteiger partial charge in [0.15, 0.2) is 5.69 Å². The van der Waals surface area contributed by atoms with Gasteiger partial charge in [-0.1, -0.05) is 6.92 Å². The Bertz CT molecular complexity index is 349. The number of aromatic nitrogens is 2. The molecule has 0 unspecified atom stereocenters. The van der Waals surface area contributed by atoms with Crippen LogP contribution in [0.25, 0.3) is 0 Å². The minimum absolute atomic E-state index is 0.00986. The van der Waals surface area contributed by atoms with Crippen LogP contribution in [0.1, 0.15) is 28.8 Å². The normalized spacial score (nSPS) is 10.0. The number of nitrogens with zero attached hydrogens (tertiary/aromatic N) is 2. The average Bonchev–Trinajstić information content (AvgIpc) is 2.09. The van der Waals surface area contributed by atoms with Crippen LogP contribution in [0, 0.1) is 6.92 Å². The smallest absolute Gasteiger partial charge is 0.354 e. The molecular weight excluding hydrogens is 170 g/mol. The van der Waals surface area contributed by atoms with E-state index in [-0.39, 0.29) is 11.5 Å². The predicted molar refractivity (Wildman–Crippen MR) is 47.5 cm³/mol. The van der Waals surface area contributed by atoms with E-state index in [9.17, 15) is 4.79 Å². The van der Waals surface area contributed by atoms with Crippen molar-refractivity contribution in [3.05, 3.63) is 17.1 Å².